The van der Waals surface area contributed by atoms with E-state index >= 15 is 0 Å². The number of phenols is 1. The largest absolute Gasteiger partial charge is 0.505 e. The van der Waals surface area contributed by atoms with Gasteiger partial charge in [0.05, 0.1) is 11.1 Å². The summed E-state index contributed by atoms with van der Waals surface area (Å²) >= 11 is 0. The Bertz CT molecular complexity index is 1080. The number of fused-ring (bicyclic) bond motifs is 1. The van der Waals surface area contributed by atoms with Crippen LogP contribution in [0.25, 0.3) is 10.8 Å². The lowest BCUT2D eigenvalue weighted by atomic mass is 10.1. The highest BCUT2D eigenvalue weighted by atomic mass is 32.2. The highest BCUT2D eigenvalue weighted by Gasteiger charge is 2.23. The lowest BCUT2D eigenvalue weighted by Crippen LogP contribution is -2.05. The van der Waals surface area contributed by atoms with E-state index in [4.69, 9.17) is 4.84 Å². The Morgan fingerprint density at radius 3 is 2.46 bits per heavy atom. The summed E-state index contributed by atoms with van der Waals surface area (Å²) in [7, 11) is -3.28. The van der Waals surface area contributed by atoms with Crippen LogP contribution in [0.15, 0.2) is 69.7 Å². The van der Waals surface area contributed by atoms with Gasteiger partial charge in [0.25, 0.3) is 10.1 Å². The Balaban J connectivity index is 2.16. The SMILES string of the molecule is CN=Nc1c(S(=O)(=O)O)cc2cccc(NOc3ccccc3)c2c1O. The van der Waals surface area contributed by atoms with Gasteiger partial charge in [-0.1, -0.05) is 30.3 Å². The highest BCUT2D eigenvalue weighted by molar-refractivity contribution is 7.86. The van der Waals surface area contributed by atoms with Crippen LogP contribution < -0.4 is 10.3 Å². The predicted molar refractivity (Wildman–Crippen MR) is 96.6 cm³/mol. The van der Waals surface area contributed by atoms with E-state index in [1.54, 1.807) is 42.5 Å². The van der Waals surface area contributed by atoms with E-state index in [-0.39, 0.29) is 11.1 Å². The minimum atomic E-state index is -4.60. The highest BCUT2D eigenvalue weighted by Crippen LogP contribution is 2.43. The van der Waals surface area contributed by atoms with Gasteiger partial charge in [-0.25, -0.2) is 5.48 Å². The van der Waals surface area contributed by atoms with E-state index < -0.39 is 20.8 Å². The van der Waals surface area contributed by atoms with Crippen molar-refractivity contribution in [1.82, 2.24) is 0 Å². The minimum Gasteiger partial charge on any atom is -0.505 e. The summed E-state index contributed by atoms with van der Waals surface area (Å²) in [4.78, 5) is 4.94. The van der Waals surface area contributed by atoms with Gasteiger partial charge >= 0.3 is 0 Å². The van der Waals surface area contributed by atoms with Crippen LogP contribution in [0.1, 0.15) is 0 Å². The van der Waals surface area contributed by atoms with Crippen molar-refractivity contribution in [3.8, 4) is 11.5 Å². The molecule has 0 spiro atoms. The first kappa shape index (κ1) is 17.6. The third-order valence-corrected chi connectivity index (χ3v) is 4.44. The standard InChI is InChI=1S/C17H15N3O5S/c1-18-19-16-14(26(22,23)24)10-11-6-5-9-13(15(11)17(16)21)20-25-12-7-3-2-4-8-12/h2-10,20-21H,1H3,(H,22,23,24). The van der Waals surface area contributed by atoms with Crippen molar-refractivity contribution in [2.75, 3.05) is 12.5 Å². The molecule has 0 saturated carbocycles. The molecule has 0 unspecified atom stereocenters. The van der Waals surface area contributed by atoms with Crippen LogP contribution in [0.2, 0.25) is 0 Å². The molecular weight excluding hydrogens is 358 g/mol. The van der Waals surface area contributed by atoms with Crippen molar-refractivity contribution in [1.29, 1.82) is 0 Å². The van der Waals surface area contributed by atoms with E-state index in [1.807, 2.05) is 6.07 Å². The summed E-state index contributed by atoms with van der Waals surface area (Å²) in [5.41, 5.74) is 2.76. The van der Waals surface area contributed by atoms with E-state index in [2.05, 4.69) is 15.7 Å². The lowest BCUT2D eigenvalue weighted by Gasteiger charge is -2.14. The molecule has 26 heavy (non-hydrogen) atoms. The Morgan fingerprint density at radius 2 is 1.81 bits per heavy atom. The molecule has 0 aliphatic heterocycles. The molecule has 0 heterocycles. The zero-order valence-corrected chi connectivity index (χ0v) is 14.4. The Morgan fingerprint density at radius 1 is 1.08 bits per heavy atom. The maximum absolute atomic E-state index is 11.6. The topological polar surface area (TPSA) is 121 Å². The summed E-state index contributed by atoms with van der Waals surface area (Å²) < 4.78 is 32.7. The fourth-order valence-electron chi connectivity index (χ4n) is 2.48. The van der Waals surface area contributed by atoms with Gasteiger partial charge in [-0.05, 0) is 29.7 Å². The number of para-hydroxylation sites is 1. The second kappa shape index (κ2) is 6.98. The van der Waals surface area contributed by atoms with E-state index in [1.165, 1.54) is 13.1 Å². The molecule has 134 valence electrons. The lowest BCUT2D eigenvalue weighted by molar-refractivity contribution is 0.405. The number of aromatic hydroxyl groups is 1. The second-order valence-corrected chi connectivity index (χ2v) is 6.66. The molecule has 0 aromatic heterocycles. The van der Waals surface area contributed by atoms with E-state index in [0.717, 1.165) is 0 Å². The molecule has 3 N–H and O–H groups in total. The van der Waals surface area contributed by atoms with Gasteiger partial charge in [-0.2, -0.15) is 18.6 Å². The van der Waals surface area contributed by atoms with Crippen LogP contribution in [0.3, 0.4) is 0 Å². The zero-order valence-electron chi connectivity index (χ0n) is 13.6. The van der Waals surface area contributed by atoms with Gasteiger partial charge in [0.15, 0.2) is 11.5 Å². The molecular formula is C17H15N3O5S. The molecule has 9 heteroatoms. The van der Waals surface area contributed by atoms with Crippen LogP contribution in [0.4, 0.5) is 11.4 Å². The van der Waals surface area contributed by atoms with Crippen molar-refractivity contribution in [2.24, 2.45) is 10.2 Å². The second-order valence-electron chi connectivity index (χ2n) is 5.27. The molecule has 0 saturated heterocycles. The number of benzene rings is 3. The Hall–Kier alpha value is -3.17. The fourth-order valence-corrected chi connectivity index (χ4v) is 3.14. The first-order valence-corrected chi connectivity index (χ1v) is 8.89. The molecule has 0 fully saturated rings. The fraction of sp³-hybridized carbons (Fsp3) is 0.0588. The van der Waals surface area contributed by atoms with Crippen LogP contribution in [0.5, 0.6) is 11.5 Å². The molecule has 0 aliphatic rings. The number of rotatable bonds is 5. The summed E-state index contributed by atoms with van der Waals surface area (Å²) in [6, 6.07) is 15.0. The number of azo groups is 1. The maximum Gasteiger partial charge on any atom is 0.296 e. The van der Waals surface area contributed by atoms with Crippen molar-refractivity contribution in [2.45, 2.75) is 4.90 Å². The maximum atomic E-state index is 11.6. The van der Waals surface area contributed by atoms with Crippen LogP contribution in [-0.2, 0) is 10.1 Å². The molecule has 0 atom stereocenters. The summed E-state index contributed by atoms with van der Waals surface area (Å²) in [5, 5.41) is 18.4. The Kier molecular flexibility index (Phi) is 4.74. The molecule has 3 aromatic carbocycles. The average molecular weight is 373 g/mol. The molecule has 0 aliphatic carbocycles. The number of anilines is 1. The number of nitrogens with zero attached hydrogens (tertiary/aromatic N) is 2. The summed E-state index contributed by atoms with van der Waals surface area (Å²) in [6.07, 6.45) is 0. The van der Waals surface area contributed by atoms with Gasteiger partial charge in [0.1, 0.15) is 10.6 Å². The van der Waals surface area contributed by atoms with Crippen molar-refractivity contribution in [3.05, 3.63) is 54.6 Å². The van der Waals surface area contributed by atoms with E-state index in [0.29, 0.717) is 16.8 Å². The minimum absolute atomic E-state index is 0.276. The van der Waals surface area contributed by atoms with Crippen LogP contribution in [0, 0.1) is 0 Å². The molecule has 0 radical (unpaired) electrons. The number of hydrogen-bond donors (Lipinski definition) is 3. The van der Waals surface area contributed by atoms with Crippen LogP contribution >= 0.6 is 0 Å². The Labute approximate surface area is 149 Å². The van der Waals surface area contributed by atoms with E-state index in [9.17, 15) is 18.1 Å². The summed E-state index contributed by atoms with van der Waals surface area (Å²) in [5.74, 6) is 0.104. The van der Waals surface area contributed by atoms with Gasteiger partial charge in [-0.15, -0.1) is 0 Å². The van der Waals surface area contributed by atoms with Gasteiger partial charge < -0.3 is 9.94 Å². The molecule has 0 amide bonds. The van der Waals surface area contributed by atoms with Crippen molar-refractivity contribution >= 4 is 32.3 Å². The van der Waals surface area contributed by atoms with Gasteiger partial charge in [-0.3, -0.25) is 4.55 Å². The zero-order chi connectivity index (χ0) is 18.7. The summed E-state index contributed by atoms with van der Waals surface area (Å²) in [6.45, 7) is 0. The number of nitrogens with one attached hydrogen (secondary N) is 1. The quantitative estimate of drug-likeness (QED) is 0.354. The first-order chi connectivity index (χ1) is 12.4. The molecule has 3 aromatic rings. The number of phenolic OH excluding ortho intramolecular Hbond substituents is 1. The van der Waals surface area contributed by atoms with Crippen molar-refractivity contribution in [3.63, 3.8) is 0 Å². The van der Waals surface area contributed by atoms with Gasteiger partial charge in [0, 0.05) is 7.05 Å². The van der Waals surface area contributed by atoms with Gasteiger partial charge in [0.2, 0.25) is 0 Å². The third-order valence-electron chi connectivity index (χ3n) is 3.58. The molecule has 3 rings (SSSR count). The first-order valence-electron chi connectivity index (χ1n) is 7.45. The predicted octanol–water partition coefficient (Wildman–Crippen LogP) is 3.91. The monoisotopic (exact) mass is 373 g/mol. The number of hydrogen-bond acceptors (Lipinski definition) is 7. The normalized spacial score (nSPS) is 11.8. The van der Waals surface area contributed by atoms with Crippen molar-refractivity contribution < 1.29 is 22.9 Å². The molecule has 0 bridgehead atoms. The smallest absolute Gasteiger partial charge is 0.296 e. The third kappa shape index (κ3) is 3.44. The average Bonchev–Trinajstić information content (AvgIpc) is 2.62. The molecule has 8 nitrogen and oxygen atoms in total. The van der Waals surface area contributed by atoms with Crippen LogP contribution in [-0.4, -0.2) is 25.1 Å².